The van der Waals surface area contributed by atoms with Crippen molar-refractivity contribution in [2.75, 3.05) is 26.3 Å². The van der Waals surface area contributed by atoms with E-state index in [1.54, 1.807) is 0 Å². The van der Waals surface area contributed by atoms with E-state index in [0.29, 0.717) is 13.0 Å². The van der Waals surface area contributed by atoms with Crippen LogP contribution in [0, 0.1) is 0 Å². The van der Waals surface area contributed by atoms with E-state index in [2.05, 4.69) is 12.1 Å². The second-order valence-electron chi connectivity index (χ2n) is 5.67. The third-order valence-corrected chi connectivity index (χ3v) is 3.95. The highest BCUT2D eigenvalue weighted by Gasteiger charge is 2.19. The van der Waals surface area contributed by atoms with Gasteiger partial charge in [-0.25, -0.2) is 0 Å². The molecule has 1 aliphatic rings. The van der Waals surface area contributed by atoms with Crippen LogP contribution in [0.1, 0.15) is 31.2 Å². The number of likely N-dealkylation sites (tertiary alicyclic amines) is 1. The smallest absolute Gasteiger partial charge is 0.222 e. The topological polar surface area (TPSA) is 55.6 Å². The van der Waals surface area contributed by atoms with Crippen molar-refractivity contribution in [2.45, 2.75) is 38.1 Å². The number of ether oxygens (including phenoxy) is 1. The minimum atomic E-state index is 0.244. The number of hydrogen-bond acceptors (Lipinski definition) is 3. The number of nitrogens with two attached hydrogens (primary N) is 1. The number of rotatable bonds is 7. The molecule has 1 aliphatic heterocycles. The summed E-state index contributed by atoms with van der Waals surface area (Å²) >= 11 is 0. The Bertz CT molecular complexity index is 414. The Morgan fingerprint density at radius 1 is 1.19 bits per heavy atom. The van der Waals surface area contributed by atoms with E-state index >= 15 is 0 Å². The molecule has 116 valence electrons. The van der Waals surface area contributed by atoms with Crippen LogP contribution < -0.4 is 5.73 Å². The van der Waals surface area contributed by atoms with Gasteiger partial charge in [-0.15, -0.1) is 0 Å². The second-order valence-corrected chi connectivity index (χ2v) is 5.67. The Morgan fingerprint density at radius 3 is 2.62 bits per heavy atom. The summed E-state index contributed by atoms with van der Waals surface area (Å²) in [6.07, 6.45) is 4.17. The molecule has 0 spiro atoms. The molecule has 0 unspecified atom stereocenters. The van der Waals surface area contributed by atoms with Gasteiger partial charge < -0.3 is 15.4 Å². The molecular formula is C17H26N2O2. The van der Waals surface area contributed by atoms with Crippen LogP contribution in [0.4, 0.5) is 0 Å². The summed E-state index contributed by atoms with van der Waals surface area (Å²) in [7, 11) is 0. The number of benzene rings is 1. The van der Waals surface area contributed by atoms with E-state index in [0.717, 1.165) is 45.4 Å². The Balaban J connectivity index is 1.50. The first-order chi connectivity index (χ1) is 10.3. The summed E-state index contributed by atoms with van der Waals surface area (Å²) in [5.41, 5.74) is 7.13. The fourth-order valence-corrected chi connectivity index (χ4v) is 2.57. The normalized spacial score (nSPS) is 16.1. The van der Waals surface area contributed by atoms with Gasteiger partial charge in [0.15, 0.2) is 0 Å². The standard InChI is InChI=1S/C17H26N2O2/c18-16-8-11-19(12-9-16)17(20)7-4-13-21-14-10-15-5-2-1-3-6-15/h1-3,5-6,16H,4,7-14,18H2. The average Bonchev–Trinajstić information content (AvgIpc) is 2.52. The van der Waals surface area contributed by atoms with Crippen LogP contribution in [0.3, 0.4) is 0 Å². The van der Waals surface area contributed by atoms with Gasteiger partial charge in [-0.05, 0) is 31.2 Å². The molecule has 0 saturated carbocycles. The Kier molecular flexibility index (Phi) is 6.70. The lowest BCUT2D eigenvalue weighted by molar-refractivity contribution is -0.132. The van der Waals surface area contributed by atoms with Crippen LogP contribution in [0.25, 0.3) is 0 Å². The lowest BCUT2D eigenvalue weighted by atomic mass is 10.1. The quantitative estimate of drug-likeness (QED) is 0.781. The van der Waals surface area contributed by atoms with Crippen molar-refractivity contribution in [2.24, 2.45) is 5.73 Å². The molecular weight excluding hydrogens is 264 g/mol. The summed E-state index contributed by atoms with van der Waals surface area (Å²) < 4.78 is 5.60. The highest BCUT2D eigenvalue weighted by molar-refractivity contribution is 5.76. The molecule has 1 amide bonds. The van der Waals surface area contributed by atoms with E-state index in [-0.39, 0.29) is 11.9 Å². The lowest BCUT2D eigenvalue weighted by Gasteiger charge is -2.30. The molecule has 4 nitrogen and oxygen atoms in total. The highest BCUT2D eigenvalue weighted by atomic mass is 16.5. The highest BCUT2D eigenvalue weighted by Crippen LogP contribution is 2.10. The zero-order valence-corrected chi connectivity index (χ0v) is 12.7. The number of carbonyl (C=O) groups excluding carboxylic acids is 1. The molecule has 21 heavy (non-hydrogen) atoms. The van der Waals surface area contributed by atoms with E-state index in [1.165, 1.54) is 5.56 Å². The Morgan fingerprint density at radius 2 is 1.90 bits per heavy atom. The number of hydrogen-bond donors (Lipinski definition) is 1. The van der Waals surface area contributed by atoms with Gasteiger partial charge in [-0.1, -0.05) is 30.3 Å². The maximum absolute atomic E-state index is 12.0. The molecule has 0 bridgehead atoms. The molecule has 4 heteroatoms. The number of nitrogens with zero attached hydrogens (tertiary/aromatic N) is 1. The Hall–Kier alpha value is -1.39. The largest absolute Gasteiger partial charge is 0.381 e. The number of carbonyl (C=O) groups is 1. The molecule has 1 aromatic carbocycles. The van der Waals surface area contributed by atoms with Crippen molar-refractivity contribution in [1.82, 2.24) is 4.90 Å². The number of amides is 1. The molecule has 0 atom stereocenters. The third-order valence-electron chi connectivity index (χ3n) is 3.95. The van der Waals surface area contributed by atoms with Crippen LogP contribution in [0.5, 0.6) is 0 Å². The van der Waals surface area contributed by atoms with Gasteiger partial charge in [-0.3, -0.25) is 4.79 Å². The van der Waals surface area contributed by atoms with Crippen LogP contribution in [0.15, 0.2) is 30.3 Å². The van der Waals surface area contributed by atoms with E-state index in [1.807, 2.05) is 23.1 Å². The maximum Gasteiger partial charge on any atom is 0.222 e. The average molecular weight is 290 g/mol. The molecule has 0 aromatic heterocycles. The minimum absolute atomic E-state index is 0.244. The van der Waals surface area contributed by atoms with Gasteiger partial charge >= 0.3 is 0 Å². The van der Waals surface area contributed by atoms with Crippen LogP contribution in [-0.2, 0) is 16.0 Å². The molecule has 2 N–H and O–H groups in total. The molecule has 0 aliphatic carbocycles. The van der Waals surface area contributed by atoms with Crippen LogP contribution in [0.2, 0.25) is 0 Å². The molecule has 2 rings (SSSR count). The van der Waals surface area contributed by atoms with Crippen molar-refractivity contribution in [3.8, 4) is 0 Å². The van der Waals surface area contributed by atoms with Gasteiger partial charge in [0.05, 0.1) is 6.61 Å². The zero-order valence-electron chi connectivity index (χ0n) is 12.7. The second kappa shape index (κ2) is 8.80. The molecule has 1 saturated heterocycles. The predicted molar refractivity (Wildman–Crippen MR) is 84.0 cm³/mol. The van der Waals surface area contributed by atoms with Crippen molar-refractivity contribution < 1.29 is 9.53 Å². The van der Waals surface area contributed by atoms with E-state index in [4.69, 9.17) is 10.5 Å². The SMILES string of the molecule is NC1CCN(C(=O)CCCOCCc2ccccc2)CC1. The summed E-state index contributed by atoms with van der Waals surface area (Å²) in [4.78, 5) is 13.9. The third kappa shape index (κ3) is 5.86. The van der Waals surface area contributed by atoms with Crippen molar-refractivity contribution in [3.63, 3.8) is 0 Å². The van der Waals surface area contributed by atoms with Gasteiger partial charge in [0, 0.05) is 32.2 Å². The Labute approximate surface area is 127 Å². The lowest BCUT2D eigenvalue weighted by Crippen LogP contribution is -2.42. The van der Waals surface area contributed by atoms with E-state index < -0.39 is 0 Å². The van der Waals surface area contributed by atoms with Gasteiger partial charge in [0.2, 0.25) is 5.91 Å². The van der Waals surface area contributed by atoms with E-state index in [9.17, 15) is 4.79 Å². The predicted octanol–water partition coefficient (Wildman–Crippen LogP) is 1.98. The summed E-state index contributed by atoms with van der Waals surface area (Å²) in [5, 5.41) is 0. The van der Waals surface area contributed by atoms with Crippen molar-refractivity contribution >= 4 is 5.91 Å². The first kappa shape index (κ1) is 16.0. The van der Waals surface area contributed by atoms with Gasteiger partial charge in [-0.2, -0.15) is 0 Å². The van der Waals surface area contributed by atoms with Crippen molar-refractivity contribution in [1.29, 1.82) is 0 Å². The first-order valence-electron chi connectivity index (χ1n) is 7.91. The minimum Gasteiger partial charge on any atom is -0.381 e. The maximum atomic E-state index is 12.0. The molecule has 1 heterocycles. The molecule has 1 aromatic rings. The fraction of sp³-hybridized carbons (Fsp3) is 0.588. The number of piperidine rings is 1. The van der Waals surface area contributed by atoms with Crippen molar-refractivity contribution in [3.05, 3.63) is 35.9 Å². The van der Waals surface area contributed by atoms with Gasteiger partial charge in [0.25, 0.3) is 0 Å². The molecule has 0 radical (unpaired) electrons. The first-order valence-corrected chi connectivity index (χ1v) is 7.91. The molecule has 1 fully saturated rings. The monoisotopic (exact) mass is 290 g/mol. The van der Waals surface area contributed by atoms with Gasteiger partial charge in [0.1, 0.15) is 0 Å². The fourth-order valence-electron chi connectivity index (χ4n) is 2.57. The van der Waals surface area contributed by atoms with Crippen LogP contribution >= 0.6 is 0 Å². The summed E-state index contributed by atoms with van der Waals surface area (Å²) in [6.45, 7) is 3.01. The van der Waals surface area contributed by atoms with Crippen LogP contribution in [-0.4, -0.2) is 43.2 Å². The summed E-state index contributed by atoms with van der Waals surface area (Å²) in [5.74, 6) is 0.244. The zero-order chi connectivity index (χ0) is 14.9. The summed E-state index contributed by atoms with van der Waals surface area (Å²) in [6, 6.07) is 10.6.